The largest absolute Gasteiger partial charge is 0.485 e. The maximum absolute atomic E-state index is 13.5. The van der Waals surface area contributed by atoms with Crippen LogP contribution in [-0.4, -0.2) is 36.6 Å². The molecule has 0 unspecified atom stereocenters. The minimum Gasteiger partial charge on any atom is -0.485 e. The van der Waals surface area contributed by atoms with Crippen molar-refractivity contribution in [2.45, 2.75) is 24.9 Å². The van der Waals surface area contributed by atoms with Crippen molar-refractivity contribution in [3.63, 3.8) is 0 Å². The molecule has 25 heavy (non-hydrogen) atoms. The molecule has 0 spiro atoms. The van der Waals surface area contributed by atoms with E-state index < -0.39 is 6.10 Å². The van der Waals surface area contributed by atoms with E-state index in [1.165, 1.54) is 6.07 Å². The van der Waals surface area contributed by atoms with E-state index in [1.54, 1.807) is 18.2 Å². The van der Waals surface area contributed by atoms with Crippen LogP contribution in [0, 0.1) is 5.82 Å². The van der Waals surface area contributed by atoms with E-state index >= 15 is 0 Å². The molecule has 2 aromatic carbocycles. The number of fused-ring (bicyclic) bond motifs is 1. The van der Waals surface area contributed by atoms with Gasteiger partial charge in [-0.25, -0.2) is 4.39 Å². The van der Waals surface area contributed by atoms with Gasteiger partial charge in [0, 0.05) is 19.0 Å². The molecule has 2 atom stereocenters. The number of piperidine rings is 1. The van der Waals surface area contributed by atoms with Crippen molar-refractivity contribution in [3.05, 3.63) is 59.9 Å². The summed E-state index contributed by atoms with van der Waals surface area (Å²) < 4.78 is 25.0. The molecule has 2 aliphatic rings. The highest BCUT2D eigenvalue weighted by atomic mass is 19.1. The molecule has 0 radical (unpaired) electrons. The van der Waals surface area contributed by atoms with Crippen molar-refractivity contribution in [1.29, 1.82) is 0 Å². The average molecular weight is 341 g/mol. The van der Waals surface area contributed by atoms with E-state index in [4.69, 9.17) is 9.47 Å². The van der Waals surface area contributed by atoms with Crippen molar-refractivity contribution >= 4 is 5.91 Å². The van der Waals surface area contributed by atoms with Gasteiger partial charge in [0.2, 0.25) is 6.10 Å². The fourth-order valence-corrected chi connectivity index (χ4v) is 3.55. The fourth-order valence-electron chi connectivity index (χ4n) is 3.55. The highest BCUT2D eigenvalue weighted by molar-refractivity contribution is 5.82. The Morgan fingerprint density at radius 1 is 1.12 bits per heavy atom. The van der Waals surface area contributed by atoms with Gasteiger partial charge in [-0.2, -0.15) is 0 Å². The summed E-state index contributed by atoms with van der Waals surface area (Å²) in [7, 11) is 0. The zero-order chi connectivity index (χ0) is 17.2. The van der Waals surface area contributed by atoms with Crippen LogP contribution in [0.15, 0.2) is 48.5 Å². The number of carbonyl (C=O) groups is 1. The first-order chi connectivity index (χ1) is 12.2. The lowest BCUT2D eigenvalue weighted by Crippen LogP contribution is -2.49. The summed E-state index contributed by atoms with van der Waals surface area (Å²) in [6.45, 7) is 1.51. The number of nitrogens with zero attached hydrogens (tertiary/aromatic N) is 1. The first-order valence-electron chi connectivity index (χ1n) is 8.63. The predicted molar refractivity (Wildman–Crippen MR) is 91.3 cm³/mol. The third-order valence-corrected chi connectivity index (χ3v) is 4.84. The van der Waals surface area contributed by atoms with E-state index in [0.29, 0.717) is 24.6 Å². The summed E-state index contributed by atoms with van der Waals surface area (Å²) in [5, 5.41) is 0. The van der Waals surface area contributed by atoms with Gasteiger partial charge in [-0.15, -0.1) is 0 Å². The van der Waals surface area contributed by atoms with Gasteiger partial charge in [-0.3, -0.25) is 4.79 Å². The third-order valence-electron chi connectivity index (χ3n) is 4.84. The summed E-state index contributed by atoms with van der Waals surface area (Å²) in [6, 6.07) is 14.0. The first kappa shape index (κ1) is 15.9. The van der Waals surface area contributed by atoms with E-state index in [9.17, 15) is 9.18 Å². The van der Waals surface area contributed by atoms with Crippen molar-refractivity contribution < 1.29 is 18.7 Å². The number of hydrogen-bond acceptors (Lipinski definition) is 3. The molecular formula is C20H20FNO3. The topological polar surface area (TPSA) is 38.8 Å². The molecule has 2 heterocycles. The summed E-state index contributed by atoms with van der Waals surface area (Å²) in [6.07, 6.45) is 1.23. The number of para-hydroxylation sites is 2. The number of hydrogen-bond donors (Lipinski definition) is 0. The number of rotatable bonds is 2. The molecule has 1 fully saturated rings. The number of halogens is 1. The fraction of sp³-hybridized carbons (Fsp3) is 0.350. The lowest BCUT2D eigenvalue weighted by molar-refractivity contribution is -0.142. The molecule has 4 nitrogen and oxygen atoms in total. The Morgan fingerprint density at radius 2 is 1.96 bits per heavy atom. The van der Waals surface area contributed by atoms with Gasteiger partial charge in [0.15, 0.2) is 11.5 Å². The van der Waals surface area contributed by atoms with Crippen LogP contribution in [0.25, 0.3) is 0 Å². The summed E-state index contributed by atoms with van der Waals surface area (Å²) in [5.74, 6) is 1.14. The summed E-state index contributed by atoms with van der Waals surface area (Å²) >= 11 is 0. The Bertz CT molecular complexity index is 779. The Labute approximate surface area is 146 Å². The average Bonchev–Trinajstić information content (AvgIpc) is 2.67. The maximum Gasteiger partial charge on any atom is 0.267 e. The van der Waals surface area contributed by atoms with Crippen molar-refractivity contribution in [3.8, 4) is 11.5 Å². The van der Waals surface area contributed by atoms with Crippen LogP contribution >= 0.6 is 0 Å². The normalized spacial score (nSPS) is 22.5. The number of likely N-dealkylation sites (tertiary alicyclic amines) is 1. The Morgan fingerprint density at radius 3 is 2.80 bits per heavy atom. The van der Waals surface area contributed by atoms with Crippen LogP contribution in [0.1, 0.15) is 24.3 Å². The second-order valence-corrected chi connectivity index (χ2v) is 6.54. The summed E-state index contributed by atoms with van der Waals surface area (Å²) in [5.41, 5.74) is 0.948. The van der Waals surface area contributed by atoms with Gasteiger partial charge < -0.3 is 14.4 Å². The highest BCUT2D eigenvalue weighted by Crippen LogP contribution is 2.32. The molecule has 0 aromatic heterocycles. The van der Waals surface area contributed by atoms with Crippen LogP contribution < -0.4 is 9.47 Å². The van der Waals surface area contributed by atoms with Gasteiger partial charge in [0.1, 0.15) is 12.4 Å². The predicted octanol–water partition coefficient (Wildman–Crippen LogP) is 3.37. The standard InChI is InChI=1S/C20H20FNO3/c21-16-7-3-5-14(11-16)15-6-4-10-22(12-15)20(23)19-13-24-17-8-1-2-9-18(17)25-19/h1-3,5,7-9,11,15,19H,4,6,10,12-13H2/t15-,19-/m1/s1. The quantitative estimate of drug-likeness (QED) is 0.841. The van der Waals surface area contributed by atoms with Gasteiger partial charge in [0.25, 0.3) is 5.91 Å². The van der Waals surface area contributed by atoms with Crippen LogP contribution in [0.3, 0.4) is 0 Å². The molecule has 0 N–H and O–H groups in total. The zero-order valence-corrected chi connectivity index (χ0v) is 13.9. The second-order valence-electron chi connectivity index (χ2n) is 6.54. The molecule has 1 amide bonds. The Kier molecular flexibility index (Phi) is 4.30. The molecule has 0 bridgehead atoms. The second kappa shape index (κ2) is 6.75. The molecule has 2 aromatic rings. The molecule has 1 saturated heterocycles. The molecule has 5 heteroatoms. The number of carbonyl (C=O) groups excluding carboxylic acids is 1. The van der Waals surface area contributed by atoms with E-state index in [-0.39, 0.29) is 24.2 Å². The molecule has 130 valence electrons. The van der Waals surface area contributed by atoms with Gasteiger partial charge in [-0.05, 0) is 42.7 Å². The first-order valence-corrected chi connectivity index (χ1v) is 8.63. The lowest BCUT2D eigenvalue weighted by Gasteiger charge is -2.36. The molecule has 4 rings (SSSR count). The van der Waals surface area contributed by atoms with Gasteiger partial charge in [-0.1, -0.05) is 24.3 Å². The Balaban J connectivity index is 1.45. The van der Waals surface area contributed by atoms with Gasteiger partial charge in [0.05, 0.1) is 0 Å². The molecular weight excluding hydrogens is 321 g/mol. The highest BCUT2D eigenvalue weighted by Gasteiger charge is 2.33. The molecule has 0 aliphatic carbocycles. The van der Waals surface area contributed by atoms with E-state index in [0.717, 1.165) is 18.4 Å². The minimum atomic E-state index is -0.624. The number of amides is 1. The van der Waals surface area contributed by atoms with Crippen LogP contribution in [0.4, 0.5) is 4.39 Å². The number of benzene rings is 2. The molecule has 2 aliphatic heterocycles. The van der Waals surface area contributed by atoms with Crippen molar-refractivity contribution in [2.75, 3.05) is 19.7 Å². The van der Waals surface area contributed by atoms with Crippen LogP contribution in [0.2, 0.25) is 0 Å². The zero-order valence-electron chi connectivity index (χ0n) is 13.9. The van der Waals surface area contributed by atoms with Crippen molar-refractivity contribution in [1.82, 2.24) is 4.90 Å². The monoisotopic (exact) mass is 341 g/mol. The lowest BCUT2D eigenvalue weighted by atomic mass is 9.90. The Hall–Kier alpha value is -2.56. The SMILES string of the molecule is O=C([C@H]1COc2ccccc2O1)N1CCC[C@@H](c2cccc(F)c2)C1. The van der Waals surface area contributed by atoms with Crippen LogP contribution in [0.5, 0.6) is 11.5 Å². The van der Waals surface area contributed by atoms with Gasteiger partial charge >= 0.3 is 0 Å². The number of ether oxygens (including phenoxy) is 2. The van der Waals surface area contributed by atoms with Crippen molar-refractivity contribution in [2.24, 2.45) is 0 Å². The third kappa shape index (κ3) is 3.31. The smallest absolute Gasteiger partial charge is 0.267 e. The summed E-state index contributed by atoms with van der Waals surface area (Å²) in [4.78, 5) is 14.7. The van der Waals surface area contributed by atoms with E-state index in [1.807, 2.05) is 29.2 Å². The maximum atomic E-state index is 13.5. The minimum absolute atomic E-state index is 0.0596. The molecule has 0 saturated carbocycles. The van der Waals surface area contributed by atoms with E-state index in [2.05, 4.69) is 0 Å². The van der Waals surface area contributed by atoms with Crippen LogP contribution in [-0.2, 0) is 4.79 Å².